The lowest BCUT2D eigenvalue weighted by Gasteiger charge is -2.32. The van der Waals surface area contributed by atoms with Gasteiger partial charge in [-0.2, -0.15) is 0 Å². The number of rotatable bonds is 4. The van der Waals surface area contributed by atoms with Gasteiger partial charge in [-0.05, 0) is 50.7 Å². The molecule has 0 N–H and O–H groups in total. The number of carbonyl (C=O) groups is 1. The third-order valence-corrected chi connectivity index (χ3v) is 5.13. The van der Waals surface area contributed by atoms with Crippen LogP contribution in [0.3, 0.4) is 0 Å². The van der Waals surface area contributed by atoms with E-state index in [1.54, 1.807) is 6.20 Å². The molecule has 126 valence electrons. The lowest BCUT2D eigenvalue weighted by molar-refractivity contribution is 0.0702. The Morgan fingerprint density at radius 1 is 1.25 bits per heavy atom. The fraction of sp³-hybridized carbons (Fsp3) is 0.526. The lowest BCUT2D eigenvalue weighted by Crippen LogP contribution is -2.39. The van der Waals surface area contributed by atoms with Crippen molar-refractivity contribution in [3.05, 3.63) is 47.8 Å². The Morgan fingerprint density at radius 3 is 2.88 bits per heavy atom. The standard InChI is InChI=1S/C19H24N4O/c1-14-4-7-16(11-21-14)19(24)23-9-2-3-17(13-23)18-20-8-10-22(18)12-15-5-6-15/h4,7-8,10-11,15,17H,2-3,5-6,9,12-13H2,1H3. The van der Waals surface area contributed by atoms with Crippen molar-refractivity contribution in [2.24, 2.45) is 5.92 Å². The largest absolute Gasteiger partial charge is 0.338 e. The highest BCUT2D eigenvalue weighted by Gasteiger charge is 2.29. The van der Waals surface area contributed by atoms with Crippen molar-refractivity contribution in [2.75, 3.05) is 13.1 Å². The van der Waals surface area contributed by atoms with Gasteiger partial charge in [0.1, 0.15) is 5.82 Å². The van der Waals surface area contributed by atoms with Gasteiger partial charge in [-0.15, -0.1) is 0 Å². The van der Waals surface area contributed by atoms with E-state index in [0.717, 1.165) is 49.9 Å². The zero-order chi connectivity index (χ0) is 16.5. The van der Waals surface area contributed by atoms with Crippen molar-refractivity contribution < 1.29 is 4.79 Å². The number of carbonyl (C=O) groups excluding carboxylic acids is 1. The van der Waals surface area contributed by atoms with Crippen LogP contribution in [0.25, 0.3) is 0 Å². The van der Waals surface area contributed by atoms with Crippen molar-refractivity contribution in [1.82, 2.24) is 19.4 Å². The van der Waals surface area contributed by atoms with Crippen molar-refractivity contribution >= 4 is 5.91 Å². The summed E-state index contributed by atoms with van der Waals surface area (Å²) in [5, 5.41) is 0. The molecule has 1 aliphatic heterocycles. The van der Waals surface area contributed by atoms with E-state index < -0.39 is 0 Å². The molecule has 2 aromatic rings. The van der Waals surface area contributed by atoms with Gasteiger partial charge in [-0.1, -0.05) is 0 Å². The minimum atomic E-state index is 0.0903. The van der Waals surface area contributed by atoms with Crippen LogP contribution < -0.4 is 0 Å². The summed E-state index contributed by atoms with van der Waals surface area (Å²) in [5.41, 5.74) is 1.62. The molecule has 1 amide bonds. The van der Waals surface area contributed by atoms with Gasteiger partial charge in [0.2, 0.25) is 0 Å². The molecule has 0 radical (unpaired) electrons. The first-order chi connectivity index (χ1) is 11.7. The molecule has 4 rings (SSSR count). The summed E-state index contributed by atoms with van der Waals surface area (Å²) >= 11 is 0. The quantitative estimate of drug-likeness (QED) is 0.868. The summed E-state index contributed by atoms with van der Waals surface area (Å²) in [6, 6.07) is 3.78. The predicted molar refractivity (Wildman–Crippen MR) is 91.8 cm³/mol. The molecule has 0 aromatic carbocycles. The Labute approximate surface area is 142 Å². The van der Waals surface area contributed by atoms with E-state index in [1.807, 2.05) is 30.2 Å². The van der Waals surface area contributed by atoms with E-state index in [2.05, 4.69) is 20.7 Å². The van der Waals surface area contributed by atoms with Gasteiger partial charge in [-0.25, -0.2) is 4.98 Å². The lowest BCUT2D eigenvalue weighted by atomic mass is 9.96. The van der Waals surface area contributed by atoms with Crippen LogP contribution in [0.2, 0.25) is 0 Å². The highest BCUT2D eigenvalue weighted by molar-refractivity contribution is 5.94. The molecule has 2 fully saturated rings. The topological polar surface area (TPSA) is 51.0 Å². The minimum Gasteiger partial charge on any atom is -0.338 e. The second-order valence-electron chi connectivity index (χ2n) is 7.16. The molecule has 0 bridgehead atoms. The molecule has 24 heavy (non-hydrogen) atoms. The minimum absolute atomic E-state index is 0.0903. The molecule has 5 heteroatoms. The highest BCUT2D eigenvalue weighted by atomic mass is 16.2. The molecule has 1 saturated heterocycles. The van der Waals surface area contributed by atoms with Crippen LogP contribution in [0, 0.1) is 12.8 Å². The van der Waals surface area contributed by atoms with Crippen molar-refractivity contribution in [3.8, 4) is 0 Å². The van der Waals surface area contributed by atoms with Crippen molar-refractivity contribution in [2.45, 2.75) is 45.1 Å². The van der Waals surface area contributed by atoms with Crippen molar-refractivity contribution in [1.29, 1.82) is 0 Å². The van der Waals surface area contributed by atoms with Gasteiger partial charge in [0.25, 0.3) is 5.91 Å². The number of likely N-dealkylation sites (tertiary alicyclic amines) is 1. The SMILES string of the molecule is Cc1ccc(C(=O)N2CCCC(c3nccn3CC3CC3)C2)cn1. The molecular weight excluding hydrogens is 300 g/mol. The van der Waals surface area contributed by atoms with Gasteiger partial charge >= 0.3 is 0 Å². The molecular formula is C19H24N4O. The fourth-order valence-electron chi connectivity index (χ4n) is 3.56. The first kappa shape index (κ1) is 15.4. The summed E-state index contributed by atoms with van der Waals surface area (Å²) in [6.07, 6.45) is 10.5. The second kappa shape index (κ2) is 6.38. The zero-order valence-corrected chi connectivity index (χ0v) is 14.2. The smallest absolute Gasteiger partial charge is 0.255 e. The number of imidazole rings is 1. The Balaban J connectivity index is 1.48. The molecule has 5 nitrogen and oxygen atoms in total. The number of hydrogen-bond donors (Lipinski definition) is 0. The van der Waals surface area contributed by atoms with E-state index in [0.29, 0.717) is 11.5 Å². The number of nitrogens with zero attached hydrogens (tertiary/aromatic N) is 4. The molecule has 1 saturated carbocycles. The van der Waals surface area contributed by atoms with E-state index in [-0.39, 0.29) is 5.91 Å². The molecule has 2 aliphatic rings. The molecule has 1 aliphatic carbocycles. The summed E-state index contributed by atoms with van der Waals surface area (Å²) in [7, 11) is 0. The summed E-state index contributed by atoms with van der Waals surface area (Å²) in [4.78, 5) is 23.6. The highest BCUT2D eigenvalue weighted by Crippen LogP contribution is 2.33. The summed E-state index contributed by atoms with van der Waals surface area (Å²) in [5.74, 6) is 2.42. The first-order valence-electron chi connectivity index (χ1n) is 8.93. The van der Waals surface area contributed by atoms with Gasteiger partial charge in [0.15, 0.2) is 0 Å². The Bertz CT molecular complexity index is 717. The number of aryl methyl sites for hydroxylation is 1. The maximum Gasteiger partial charge on any atom is 0.255 e. The Morgan fingerprint density at radius 2 is 2.12 bits per heavy atom. The first-order valence-corrected chi connectivity index (χ1v) is 8.93. The molecule has 1 atom stereocenters. The number of aromatic nitrogens is 3. The fourth-order valence-corrected chi connectivity index (χ4v) is 3.56. The van der Waals surface area contributed by atoms with Gasteiger partial charge in [0.05, 0.1) is 5.56 Å². The van der Waals surface area contributed by atoms with Crippen LogP contribution in [0.1, 0.15) is 53.5 Å². The van der Waals surface area contributed by atoms with Crippen LogP contribution >= 0.6 is 0 Å². The zero-order valence-electron chi connectivity index (χ0n) is 14.2. The van der Waals surface area contributed by atoms with E-state index in [4.69, 9.17) is 0 Å². The average Bonchev–Trinajstić information content (AvgIpc) is 3.30. The van der Waals surface area contributed by atoms with Crippen molar-refractivity contribution in [3.63, 3.8) is 0 Å². The van der Waals surface area contributed by atoms with E-state index in [1.165, 1.54) is 12.8 Å². The van der Waals surface area contributed by atoms with E-state index in [9.17, 15) is 4.79 Å². The monoisotopic (exact) mass is 324 g/mol. The number of hydrogen-bond acceptors (Lipinski definition) is 3. The van der Waals surface area contributed by atoms with Crippen LogP contribution in [0.5, 0.6) is 0 Å². The van der Waals surface area contributed by atoms with Gasteiger partial charge in [-0.3, -0.25) is 9.78 Å². The molecule has 3 heterocycles. The molecule has 2 aromatic heterocycles. The van der Waals surface area contributed by atoms with Gasteiger partial charge < -0.3 is 9.47 Å². The average molecular weight is 324 g/mol. The Hall–Kier alpha value is -2.17. The normalized spacial score (nSPS) is 21.0. The molecule has 1 unspecified atom stereocenters. The van der Waals surface area contributed by atoms with E-state index >= 15 is 0 Å². The number of piperidine rings is 1. The van der Waals surface area contributed by atoms with Crippen LogP contribution in [0.4, 0.5) is 0 Å². The predicted octanol–water partition coefficient (Wildman–Crippen LogP) is 3.02. The maximum atomic E-state index is 12.8. The van der Waals surface area contributed by atoms with Crippen LogP contribution in [-0.4, -0.2) is 38.4 Å². The second-order valence-corrected chi connectivity index (χ2v) is 7.16. The Kier molecular flexibility index (Phi) is 4.08. The third-order valence-electron chi connectivity index (χ3n) is 5.13. The van der Waals surface area contributed by atoms with Crippen LogP contribution in [0.15, 0.2) is 30.7 Å². The van der Waals surface area contributed by atoms with Crippen LogP contribution in [-0.2, 0) is 6.54 Å². The number of amides is 1. The summed E-state index contributed by atoms with van der Waals surface area (Å²) < 4.78 is 2.31. The third kappa shape index (κ3) is 3.21. The number of pyridine rings is 1. The summed E-state index contributed by atoms with van der Waals surface area (Å²) in [6.45, 7) is 4.60. The maximum absolute atomic E-state index is 12.8. The molecule has 0 spiro atoms. The van der Waals surface area contributed by atoms with Gasteiger partial charge in [0, 0.05) is 49.8 Å².